The zero-order chi connectivity index (χ0) is 15.6. The van der Waals surface area contributed by atoms with Crippen LogP contribution in [0.5, 0.6) is 0 Å². The number of amides is 2. The second-order valence-electron chi connectivity index (χ2n) is 6.80. The van der Waals surface area contributed by atoms with Crippen LogP contribution in [0.15, 0.2) is 0 Å². The van der Waals surface area contributed by atoms with Gasteiger partial charge >= 0.3 is 0 Å². The minimum absolute atomic E-state index is 0.00310. The first kappa shape index (κ1) is 16.3. The monoisotopic (exact) mass is 295 g/mol. The summed E-state index contributed by atoms with van der Waals surface area (Å²) in [5.41, 5.74) is 5.55. The van der Waals surface area contributed by atoms with E-state index in [1.165, 1.54) is 0 Å². The van der Waals surface area contributed by atoms with Gasteiger partial charge in [0.1, 0.15) is 0 Å². The van der Waals surface area contributed by atoms with Gasteiger partial charge in [-0.15, -0.1) is 0 Å². The molecule has 0 aromatic heterocycles. The van der Waals surface area contributed by atoms with Crippen LogP contribution in [0.4, 0.5) is 0 Å². The third kappa shape index (κ3) is 3.39. The minimum atomic E-state index is -0.303. The number of hydrogen-bond acceptors (Lipinski definition) is 3. The zero-order valence-corrected chi connectivity index (χ0v) is 13.5. The molecule has 2 atom stereocenters. The number of hydrogen-bond donors (Lipinski definition) is 2. The predicted octanol–water partition coefficient (Wildman–Crippen LogP) is 1.27. The molecule has 1 saturated heterocycles. The van der Waals surface area contributed by atoms with Crippen LogP contribution in [-0.2, 0) is 9.59 Å². The molecule has 0 spiro atoms. The van der Waals surface area contributed by atoms with Gasteiger partial charge in [0.2, 0.25) is 11.8 Å². The first-order chi connectivity index (χ1) is 9.95. The van der Waals surface area contributed by atoms with Gasteiger partial charge in [-0.2, -0.15) is 0 Å². The normalized spacial score (nSPS) is 25.3. The van der Waals surface area contributed by atoms with E-state index in [0.717, 1.165) is 25.7 Å². The van der Waals surface area contributed by atoms with Gasteiger partial charge in [0.15, 0.2) is 0 Å². The Labute approximate surface area is 127 Å². The summed E-state index contributed by atoms with van der Waals surface area (Å²) in [4.78, 5) is 26.5. The van der Waals surface area contributed by atoms with E-state index < -0.39 is 0 Å². The maximum atomic E-state index is 12.5. The van der Waals surface area contributed by atoms with Gasteiger partial charge in [-0.3, -0.25) is 9.59 Å². The lowest BCUT2D eigenvalue weighted by atomic mass is 9.94. The van der Waals surface area contributed by atoms with E-state index in [0.29, 0.717) is 25.4 Å². The Morgan fingerprint density at radius 2 is 2.05 bits per heavy atom. The van der Waals surface area contributed by atoms with Crippen molar-refractivity contribution in [1.82, 2.24) is 10.2 Å². The maximum Gasteiger partial charge on any atom is 0.225 e. The fourth-order valence-corrected chi connectivity index (χ4v) is 3.41. The van der Waals surface area contributed by atoms with Gasteiger partial charge in [-0.05, 0) is 38.5 Å². The average Bonchev–Trinajstić information content (AvgIpc) is 3.25. The van der Waals surface area contributed by atoms with Crippen molar-refractivity contribution < 1.29 is 9.59 Å². The molecule has 0 radical (unpaired) electrons. The third-order valence-corrected chi connectivity index (χ3v) is 5.22. The van der Waals surface area contributed by atoms with Crippen LogP contribution in [0.2, 0.25) is 0 Å². The van der Waals surface area contributed by atoms with Gasteiger partial charge in [-0.25, -0.2) is 0 Å². The lowest BCUT2D eigenvalue weighted by Gasteiger charge is -2.31. The Bertz CT molecular complexity index is 404. The lowest BCUT2D eigenvalue weighted by Crippen LogP contribution is -2.55. The molecule has 2 aliphatic rings. The first-order valence-corrected chi connectivity index (χ1v) is 8.26. The second-order valence-corrected chi connectivity index (χ2v) is 6.80. The van der Waals surface area contributed by atoms with Crippen molar-refractivity contribution in [1.29, 1.82) is 0 Å². The molecule has 1 saturated carbocycles. The van der Waals surface area contributed by atoms with E-state index in [1.807, 2.05) is 11.8 Å². The van der Waals surface area contributed by atoms with Crippen LogP contribution in [0, 0.1) is 11.8 Å². The van der Waals surface area contributed by atoms with Crippen LogP contribution in [0.3, 0.4) is 0 Å². The highest BCUT2D eigenvalue weighted by Crippen LogP contribution is 2.39. The van der Waals surface area contributed by atoms with E-state index in [2.05, 4.69) is 19.2 Å². The fourth-order valence-electron chi connectivity index (χ4n) is 3.41. The van der Waals surface area contributed by atoms with E-state index in [-0.39, 0.29) is 29.3 Å². The molecule has 0 bridgehead atoms. The molecule has 21 heavy (non-hydrogen) atoms. The molecule has 2 fully saturated rings. The van der Waals surface area contributed by atoms with Crippen LogP contribution in [0.25, 0.3) is 0 Å². The zero-order valence-electron chi connectivity index (χ0n) is 13.5. The number of nitrogens with two attached hydrogens (primary N) is 1. The molecule has 2 rings (SSSR count). The van der Waals surface area contributed by atoms with Gasteiger partial charge in [0.25, 0.3) is 0 Å². The molecular formula is C16H29N3O2. The minimum Gasteiger partial charge on any atom is -0.349 e. The van der Waals surface area contributed by atoms with E-state index in [1.54, 1.807) is 0 Å². The van der Waals surface area contributed by atoms with Crippen LogP contribution in [-0.4, -0.2) is 41.4 Å². The first-order valence-electron chi connectivity index (χ1n) is 8.26. The van der Waals surface area contributed by atoms with Crippen molar-refractivity contribution in [2.45, 2.75) is 64.5 Å². The molecular weight excluding hydrogens is 266 g/mol. The number of nitrogens with zero attached hydrogens (tertiary/aromatic N) is 1. The molecule has 0 aromatic carbocycles. The molecule has 5 heteroatoms. The summed E-state index contributed by atoms with van der Waals surface area (Å²) in [5, 5.41) is 3.12. The maximum absolute atomic E-state index is 12.5. The highest BCUT2D eigenvalue weighted by molar-refractivity contribution is 5.89. The molecule has 120 valence electrons. The Balaban J connectivity index is 1.96. The fraction of sp³-hybridized carbons (Fsp3) is 0.875. The number of likely N-dealkylation sites (tertiary alicyclic amines) is 1. The number of carbonyl (C=O) groups excluding carboxylic acids is 2. The topological polar surface area (TPSA) is 75.4 Å². The van der Waals surface area contributed by atoms with Crippen molar-refractivity contribution in [3.63, 3.8) is 0 Å². The molecule has 2 unspecified atom stereocenters. The molecule has 2 amide bonds. The number of nitrogens with one attached hydrogen (secondary N) is 1. The summed E-state index contributed by atoms with van der Waals surface area (Å²) in [6.07, 6.45) is 4.50. The van der Waals surface area contributed by atoms with Crippen molar-refractivity contribution in [3.8, 4) is 0 Å². The molecule has 0 aromatic rings. The third-order valence-electron chi connectivity index (χ3n) is 5.22. The van der Waals surface area contributed by atoms with Crippen molar-refractivity contribution in [2.24, 2.45) is 17.6 Å². The summed E-state index contributed by atoms with van der Waals surface area (Å²) in [5.74, 6) is 0.391. The van der Waals surface area contributed by atoms with Crippen molar-refractivity contribution in [3.05, 3.63) is 0 Å². The highest BCUT2D eigenvalue weighted by atomic mass is 16.2. The van der Waals surface area contributed by atoms with Crippen LogP contribution >= 0.6 is 0 Å². The second kappa shape index (κ2) is 6.34. The van der Waals surface area contributed by atoms with E-state index in [9.17, 15) is 9.59 Å². The Hall–Kier alpha value is -1.10. The lowest BCUT2D eigenvalue weighted by molar-refractivity contribution is -0.130. The Kier molecular flexibility index (Phi) is 4.91. The molecule has 3 N–H and O–H groups in total. The van der Waals surface area contributed by atoms with Crippen LogP contribution < -0.4 is 11.1 Å². The molecule has 1 aliphatic heterocycles. The van der Waals surface area contributed by atoms with Gasteiger partial charge < -0.3 is 16.0 Å². The number of rotatable bonds is 7. The number of carbonyl (C=O) groups is 2. The highest BCUT2D eigenvalue weighted by Gasteiger charge is 2.44. The van der Waals surface area contributed by atoms with Crippen molar-refractivity contribution >= 4 is 11.8 Å². The van der Waals surface area contributed by atoms with Crippen LogP contribution in [0.1, 0.15) is 52.9 Å². The Morgan fingerprint density at radius 1 is 1.43 bits per heavy atom. The van der Waals surface area contributed by atoms with E-state index in [4.69, 9.17) is 5.73 Å². The average molecular weight is 295 g/mol. The molecule has 5 nitrogen and oxygen atoms in total. The quantitative estimate of drug-likeness (QED) is 0.742. The van der Waals surface area contributed by atoms with Crippen molar-refractivity contribution in [2.75, 3.05) is 13.1 Å². The van der Waals surface area contributed by atoms with Gasteiger partial charge in [-0.1, -0.05) is 13.8 Å². The predicted molar refractivity (Wildman–Crippen MR) is 82.5 cm³/mol. The smallest absolute Gasteiger partial charge is 0.225 e. The van der Waals surface area contributed by atoms with E-state index >= 15 is 0 Å². The SMILES string of the molecule is CCC(CC)N1CC(C(=O)NC(C)(CN)C2CC2)CC1=O. The summed E-state index contributed by atoms with van der Waals surface area (Å²) >= 11 is 0. The summed E-state index contributed by atoms with van der Waals surface area (Å²) in [6.45, 7) is 7.22. The Morgan fingerprint density at radius 3 is 2.52 bits per heavy atom. The summed E-state index contributed by atoms with van der Waals surface area (Å²) in [6, 6.07) is 0.264. The van der Waals surface area contributed by atoms with Gasteiger partial charge in [0, 0.05) is 25.6 Å². The molecule has 1 aliphatic carbocycles. The molecule has 1 heterocycles. The summed E-state index contributed by atoms with van der Waals surface area (Å²) in [7, 11) is 0. The summed E-state index contributed by atoms with van der Waals surface area (Å²) < 4.78 is 0. The van der Waals surface area contributed by atoms with Gasteiger partial charge in [0.05, 0.1) is 11.5 Å². The largest absolute Gasteiger partial charge is 0.349 e. The standard InChI is InChI=1S/C16H29N3O2/c1-4-13(5-2)19-9-11(8-14(19)20)15(21)18-16(3,10-17)12-6-7-12/h11-13H,4-10,17H2,1-3H3,(H,18,21).